The summed E-state index contributed by atoms with van der Waals surface area (Å²) >= 11 is 1.28. The Bertz CT molecular complexity index is 663. The molecule has 1 N–H and O–H groups in total. The fourth-order valence-corrected chi connectivity index (χ4v) is 3.50. The van der Waals surface area contributed by atoms with Gasteiger partial charge in [-0.2, -0.15) is 0 Å². The second kappa shape index (κ2) is 8.33. The lowest BCUT2D eigenvalue weighted by Crippen LogP contribution is -2.31. The van der Waals surface area contributed by atoms with Gasteiger partial charge in [0.2, 0.25) is 11.8 Å². The summed E-state index contributed by atoms with van der Waals surface area (Å²) in [6, 6.07) is 7.92. The molecule has 2 aromatic rings. The molecular weight excluding hydrogens is 322 g/mol. The predicted molar refractivity (Wildman–Crippen MR) is 94.8 cm³/mol. The molecule has 0 saturated heterocycles. The van der Waals surface area contributed by atoms with Crippen molar-refractivity contribution in [2.75, 3.05) is 12.3 Å². The molecule has 1 aromatic heterocycles. The zero-order chi connectivity index (χ0) is 16.8. The molecule has 1 saturated carbocycles. The van der Waals surface area contributed by atoms with Gasteiger partial charge >= 0.3 is 0 Å². The highest BCUT2D eigenvalue weighted by Gasteiger charge is 2.15. The molecule has 24 heavy (non-hydrogen) atoms. The standard InChI is InChI=1S/C18H23N3O2S/c1-13-7-9-15(10-8-13)17-20-21-18(23-17)24-12-16(22)19-11-14-5-3-2-4-6-14/h7-10,14H,2-6,11-12H2,1H3,(H,19,22). The molecule has 1 aliphatic rings. The first-order chi connectivity index (χ1) is 11.7. The maximum absolute atomic E-state index is 12.0. The van der Waals surface area contributed by atoms with Crippen LogP contribution in [0.3, 0.4) is 0 Å². The van der Waals surface area contributed by atoms with Gasteiger partial charge in [-0.15, -0.1) is 10.2 Å². The largest absolute Gasteiger partial charge is 0.411 e. The molecule has 1 fully saturated rings. The summed E-state index contributed by atoms with van der Waals surface area (Å²) in [4.78, 5) is 12.0. The number of aryl methyl sites for hydroxylation is 1. The van der Waals surface area contributed by atoms with Crippen molar-refractivity contribution in [2.24, 2.45) is 5.92 Å². The average molecular weight is 345 g/mol. The van der Waals surface area contributed by atoms with E-state index < -0.39 is 0 Å². The molecule has 0 atom stereocenters. The van der Waals surface area contributed by atoms with Crippen molar-refractivity contribution < 1.29 is 9.21 Å². The third kappa shape index (κ3) is 4.84. The lowest BCUT2D eigenvalue weighted by atomic mass is 9.89. The van der Waals surface area contributed by atoms with Gasteiger partial charge in [0, 0.05) is 12.1 Å². The molecule has 0 unspecified atom stereocenters. The summed E-state index contributed by atoms with van der Waals surface area (Å²) in [5.74, 6) is 1.47. The fraction of sp³-hybridized carbons (Fsp3) is 0.500. The van der Waals surface area contributed by atoms with Gasteiger partial charge < -0.3 is 9.73 Å². The van der Waals surface area contributed by atoms with Gasteiger partial charge in [-0.25, -0.2) is 0 Å². The number of aromatic nitrogens is 2. The van der Waals surface area contributed by atoms with Crippen LogP contribution in [0, 0.1) is 12.8 Å². The third-order valence-electron chi connectivity index (χ3n) is 4.34. The van der Waals surface area contributed by atoms with E-state index in [4.69, 9.17) is 4.42 Å². The summed E-state index contributed by atoms with van der Waals surface area (Å²) < 4.78 is 5.62. The molecule has 1 aromatic carbocycles. The topological polar surface area (TPSA) is 68.0 Å². The van der Waals surface area contributed by atoms with Crippen molar-refractivity contribution in [2.45, 2.75) is 44.3 Å². The number of hydrogen-bond donors (Lipinski definition) is 1. The lowest BCUT2D eigenvalue weighted by molar-refractivity contribution is -0.118. The van der Waals surface area contributed by atoms with Crippen LogP contribution in [0.5, 0.6) is 0 Å². The summed E-state index contributed by atoms with van der Waals surface area (Å²) in [7, 11) is 0. The SMILES string of the molecule is Cc1ccc(-c2nnc(SCC(=O)NCC3CCCCC3)o2)cc1. The molecule has 128 valence electrons. The van der Waals surface area contributed by atoms with Crippen molar-refractivity contribution >= 4 is 17.7 Å². The number of rotatable bonds is 6. The van der Waals surface area contributed by atoms with Gasteiger partial charge in [-0.1, -0.05) is 48.7 Å². The Kier molecular flexibility index (Phi) is 5.91. The van der Waals surface area contributed by atoms with Crippen molar-refractivity contribution in [3.63, 3.8) is 0 Å². The van der Waals surface area contributed by atoms with Gasteiger partial charge in [-0.3, -0.25) is 4.79 Å². The number of hydrogen-bond acceptors (Lipinski definition) is 5. The molecule has 5 nitrogen and oxygen atoms in total. The van der Waals surface area contributed by atoms with Crippen LogP contribution in [0.2, 0.25) is 0 Å². The molecule has 3 rings (SSSR count). The van der Waals surface area contributed by atoms with E-state index in [2.05, 4.69) is 15.5 Å². The van der Waals surface area contributed by atoms with Crippen molar-refractivity contribution in [1.29, 1.82) is 0 Å². The minimum absolute atomic E-state index is 0.0284. The van der Waals surface area contributed by atoms with Gasteiger partial charge in [0.15, 0.2) is 0 Å². The molecule has 1 heterocycles. The molecule has 0 spiro atoms. The Hall–Kier alpha value is -1.82. The quantitative estimate of drug-likeness (QED) is 0.806. The highest BCUT2D eigenvalue weighted by Crippen LogP contribution is 2.24. The maximum Gasteiger partial charge on any atom is 0.277 e. The lowest BCUT2D eigenvalue weighted by Gasteiger charge is -2.21. The molecular formula is C18H23N3O2S. The zero-order valence-corrected chi connectivity index (χ0v) is 14.8. The fourth-order valence-electron chi connectivity index (χ4n) is 2.91. The van der Waals surface area contributed by atoms with E-state index in [1.54, 1.807) is 0 Å². The molecule has 6 heteroatoms. The predicted octanol–water partition coefficient (Wildman–Crippen LogP) is 3.83. The number of amides is 1. The summed E-state index contributed by atoms with van der Waals surface area (Å²) in [5, 5.41) is 11.5. The van der Waals surface area contributed by atoms with Gasteiger partial charge in [0.05, 0.1) is 5.75 Å². The Morgan fingerprint density at radius 1 is 1.21 bits per heavy atom. The van der Waals surface area contributed by atoms with Gasteiger partial charge in [-0.05, 0) is 37.8 Å². The molecule has 0 bridgehead atoms. The Labute approximate surface area is 146 Å². The minimum Gasteiger partial charge on any atom is -0.411 e. The first-order valence-electron chi connectivity index (χ1n) is 8.51. The van der Waals surface area contributed by atoms with Crippen LogP contribution >= 0.6 is 11.8 Å². The smallest absolute Gasteiger partial charge is 0.277 e. The third-order valence-corrected chi connectivity index (χ3v) is 5.16. The van der Waals surface area contributed by atoms with Crippen LogP contribution in [0.1, 0.15) is 37.7 Å². The first-order valence-corrected chi connectivity index (χ1v) is 9.49. The molecule has 1 aliphatic carbocycles. The highest BCUT2D eigenvalue weighted by atomic mass is 32.2. The second-order valence-corrected chi connectivity index (χ2v) is 7.26. The summed E-state index contributed by atoms with van der Waals surface area (Å²) in [6.07, 6.45) is 6.38. The number of carbonyl (C=O) groups is 1. The van der Waals surface area contributed by atoms with Crippen LogP contribution in [0.15, 0.2) is 33.9 Å². The first kappa shape index (κ1) is 17.0. The van der Waals surface area contributed by atoms with Gasteiger partial charge in [0.25, 0.3) is 5.22 Å². The van der Waals surface area contributed by atoms with Crippen LogP contribution in [-0.2, 0) is 4.79 Å². The van der Waals surface area contributed by atoms with E-state index >= 15 is 0 Å². The van der Waals surface area contributed by atoms with Crippen LogP contribution in [-0.4, -0.2) is 28.4 Å². The number of thioether (sulfide) groups is 1. The monoisotopic (exact) mass is 345 g/mol. The van der Waals surface area contributed by atoms with Crippen molar-refractivity contribution in [3.05, 3.63) is 29.8 Å². The normalized spacial score (nSPS) is 15.4. The second-order valence-electron chi connectivity index (χ2n) is 6.34. The van der Waals surface area contributed by atoms with E-state index in [0.29, 0.717) is 22.8 Å². The van der Waals surface area contributed by atoms with E-state index in [1.807, 2.05) is 31.2 Å². The zero-order valence-electron chi connectivity index (χ0n) is 14.0. The van der Waals surface area contributed by atoms with E-state index in [1.165, 1.54) is 49.4 Å². The number of benzene rings is 1. The number of nitrogens with zero attached hydrogens (tertiary/aromatic N) is 2. The number of nitrogens with one attached hydrogen (secondary N) is 1. The Balaban J connectivity index is 1.44. The van der Waals surface area contributed by atoms with Crippen LogP contribution in [0.4, 0.5) is 0 Å². The van der Waals surface area contributed by atoms with Crippen molar-refractivity contribution in [3.8, 4) is 11.5 Å². The Morgan fingerprint density at radius 2 is 1.96 bits per heavy atom. The highest BCUT2D eigenvalue weighted by molar-refractivity contribution is 7.99. The minimum atomic E-state index is 0.0284. The van der Waals surface area contributed by atoms with E-state index in [9.17, 15) is 4.79 Å². The summed E-state index contributed by atoms with van der Waals surface area (Å²) in [5.41, 5.74) is 2.07. The van der Waals surface area contributed by atoms with Gasteiger partial charge in [0.1, 0.15) is 0 Å². The maximum atomic E-state index is 12.0. The summed E-state index contributed by atoms with van der Waals surface area (Å²) in [6.45, 7) is 2.82. The Morgan fingerprint density at radius 3 is 2.71 bits per heavy atom. The van der Waals surface area contributed by atoms with Crippen molar-refractivity contribution in [1.82, 2.24) is 15.5 Å². The van der Waals surface area contributed by atoms with Crippen LogP contribution < -0.4 is 5.32 Å². The van der Waals surface area contributed by atoms with Crippen LogP contribution in [0.25, 0.3) is 11.5 Å². The number of carbonyl (C=O) groups excluding carboxylic acids is 1. The van der Waals surface area contributed by atoms with E-state index in [-0.39, 0.29) is 5.91 Å². The van der Waals surface area contributed by atoms with E-state index in [0.717, 1.165) is 12.1 Å². The molecule has 1 amide bonds. The molecule has 0 aliphatic heterocycles. The average Bonchev–Trinajstić information content (AvgIpc) is 3.09. The molecule has 0 radical (unpaired) electrons.